The Bertz CT molecular complexity index is 602. The maximum atomic E-state index is 10.8. The summed E-state index contributed by atoms with van der Waals surface area (Å²) < 4.78 is 5.47. The molecule has 0 saturated heterocycles. The van der Waals surface area contributed by atoms with Gasteiger partial charge in [-0.1, -0.05) is 11.6 Å². The van der Waals surface area contributed by atoms with Gasteiger partial charge in [0.15, 0.2) is 5.15 Å². The van der Waals surface area contributed by atoms with Crippen molar-refractivity contribution in [2.45, 2.75) is 6.92 Å². The van der Waals surface area contributed by atoms with E-state index in [1.807, 2.05) is 0 Å². The van der Waals surface area contributed by atoms with Gasteiger partial charge in [0.05, 0.1) is 18.0 Å². The van der Waals surface area contributed by atoms with Crippen LogP contribution in [-0.2, 0) is 0 Å². The molecule has 0 atom stereocenters. The Labute approximate surface area is 108 Å². The summed E-state index contributed by atoms with van der Waals surface area (Å²) in [5.41, 5.74) is 0.897. The van der Waals surface area contributed by atoms with Crippen molar-refractivity contribution in [3.63, 3.8) is 0 Å². The van der Waals surface area contributed by atoms with Gasteiger partial charge in [0.1, 0.15) is 5.75 Å². The molecule has 1 heterocycles. The molecule has 0 saturated carbocycles. The van der Waals surface area contributed by atoms with E-state index in [9.17, 15) is 4.79 Å². The van der Waals surface area contributed by atoms with Crippen LogP contribution in [0.5, 0.6) is 11.6 Å². The molecule has 6 heteroatoms. The molecule has 18 heavy (non-hydrogen) atoms. The molecule has 0 radical (unpaired) electrons. The second-order valence-electron chi connectivity index (χ2n) is 3.57. The van der Waals surface area contributed by atoms with Gasteiger partial charge in [-0.25, -0.2) is 4.79 Å². The summed E-state index contributed by atoms with van der Waals surface area (Å²) >= 11 is 5.69. The molecule has 1 N–H and O–H groups in total. The van der Waals surface area contributed by atoms with E-state index in [4.69, 9.17) is 21.4 Å². The summed E-state index contributed by atoms with van der Waals surface area (Å²) in [7, 11) is 0. The summed E-state index contributed by atoms with van der Waals surface area (Å²) in [5, 5.41) is 9.07. The Morgan fingerprint density at radius 1 is 1.39 bits per heavy atom. The van der Waals surface area contributed by atoms with Crippen LogP contribution in [0.3, 0.4) is 0 Å². The molecule has 0 aliphatic rings. The van der Waals surface area contributed by atoms with Crippen LogP contribution in [0.2, 0.25) is 5.15 Å². The predicted molar refractivity (Wildman–Crippen MR) is 65.3 cm³/mol. The fourth-order valence-electron chi connectivity index (χ4n) is 1.38. The topological polar surface area (TPSA) is 72.3 Å². The molecule has 0 spiro atoms. The second kappa shape index (κ2) is 5.01. The smallest absolute Gasteiger partial charge is 0.335 e. The third-order valence-corrected chi connectivity index (χ3v) is 2.40. The maximum absolute atomic E-state index is 10.8. The number of aryl methyl sites for hydroxylation is 1. The molecule has 1 aromatic heterocycles. The highest BCUT2D eigenvalue weighted by atomic mass is 35.5. The van der Waals surface area contributed by atoms with Gasteiger partial charge in [0, 0.05) is 0 Å². The number of nitrogens with zero attached hydrogens (tertiary/aromatic N) is 2. The number of carboxylic acids is 1. The zero-order valence-electron chi connectivity index (χ0n) is 9.42. The minimum Gasteiger partial charge on any atom is -0.478 e. The Hall–Kier alpha value is -2.14. The minimum atomic E-state index is -0.979. The Kier molecular flexibility index (Phi) is 3.43. The van der Waals surface area contributed by atoms with E-state index in [1.54, 1.807) is 13.0 Å². The molecule has 0 fully saturated rings. The van der Waals surface area contributed by atoms with Crippen molar-refractivity contribution in [3.8, 4) is 11.6 Å². The highest BCUT2D eigenvalue weighted by molar-refractivity contribution is 6.29. The number of benzene rings is 1. The van der Waals surface area contributed by atoms with E-state index in [2.05, 4.69) is 9.97 Å². The van der Waals surface area contributed by atoms with Crippen molar-refractivity contribution < 1.29 is 14.6 Å². The van der Waals surface area contributed by atoms with Crippen LogP contribution < -0.4 is 4.74 Å². The summed E-state index contributed by atoms with van der Waals surface area (Å²) in [5.74, 6) is -0.211. The van der Waals surface area contributed by atoms with Gasteiger partial charge in [0.25, 0.3) is 0 Å². The van der Waals surface area contributed by atoms with Crippen LogP contribution in [0.25, 0.3) is 0 Å². The number of aromatic nitrogens is 2. The average Bonchev–Trinajstić information content (AvgIpc) is 2.31. The van der Waals surface area contributed by atoms with Gasteiger partial charge >= 0.3 is 5.97 Å². The van der Waals surface area contributed by atoms with E-state index in [-0.39, 0.29) is 16.6 Å². The van der Waals surface area contributed by atoms with Gasteiger partial charge in [-0.3, -0.25) is 4.98 Å². The lowest BCUT2D eigenvalue weighted by Crippen LogP contribution is -1.98. The van der Waals surface area contributed by atoms with E-state index >= 15 is 0 Å². The third-order valence-electron chi connectivity index (χ3n) is 2.22. The highest BCUT2D eigenvalue weighted by Gasteiger charge is 2.08. The van der Waals surface area contributed by atoms with Crippen molar-refractivity contribution >= 4 is 17.6 Å². The lowest BCUT2D eigenvalue weighted by atomic mass is 10.1. The summed E-state index contributed by atoms with van der Waals surface area (Å²) in [6.07, 6.45) is 2.82. The van der Waals surface area contributed by atoms with Crippen molar-refractivity contribution in [2.24, 2.45) is 0 Å². The molecule has 0 amide bonds. The first-order valence-corrected chi connectivity index (χ1v) is 5.43. The van der Waals surface area contributed by atoms with Crippen LogP contribution in [0.15, 0.2) is 30.6 Å². The van der Waals surface area contributed by atoms with Gasteiger partial charge in [-0.2, -0.15) is 4.98 Å². The second-order valence-corrected chi connectivity index (χ2v) is 3.95. The summed E-state index contributed by atoms with van der Waals surface area (Å²) in [6, 6.07) is 4.56. The van der Waals surface area contributed by atoms with E-state index in [0.717, 1.165) is 0 Å². The highest BCUT2D eigenvalue weighted by Crippen LogP contribution is 2.24. The average molecular weight is 265 g/mol. The van der Waals surface area contributed by atoms with Crippen molar-refractivity contribution in [3.05, 3.63) is 46.9 Å². The zero-order valence-corrected chi connectivity index (χ0v) is 10.2. The first kappa shape index (κ1) is 12.3. The van der Waals surface area contributed by atoms with E-state index in [0.29, 0.717) is 11.3 Å². The molecule has 0 aliphatic heterocycles. The minimum absolute atomic E-state index is 0.206. The molecule has 0 unspecified atom stereocenters. The summed E-state index contributed by atoms with van der Waals surface area (Å²) in [4.78, 5) is 18.6. The molecule has 2 aromatic rings. The first-order valence-electron chi connectivity index (χ1n) is 5.05. The number of ether oxygens (including phenoxy) is 1. The quantitative estimate of drug-likeness (QED) is 0.923. The lowest BCUT2D eigenvalue weighted by Gasteiger charge is -2.08. The zero-order chi connectivity index (χ0) is 13.1. The standard InChI is InChI=1S/C12H9ClN2O3/c1-7-4-8(12(16)17)2-3-9(7)18-11-6-14-5-10(13)15-11/h2-6H,1H3,(H,16,17). The Balaban J connectivity index is 2.27. The normalized spacial score (nSPS) is 10.1. The van der Waals surface area contributed by atoms with Crippen LogP contribution >= 0.6 is 11.6 Å². The molecular formula is C12H9ClN2O3. The van der Waals surface area contributed by atoms with Crippen molar-refractivity contribution in [1.82, 2.24) is 9.97 Å². The van der Waals surface area contributed by atoms with Crippen molar-refractivity contribution in [2.75, 3.05) is 0 Å². The van der Waals surface area contributed by atoms with Crippen LogP contribution in [0.1, 0.15) is 15.9 Å². The largest absolute Gasteiger partial charge is 0.478 e. The first-order chi connectivity index (χ1) is 8.56. The number of aromatic carboxylic acids is 1. The monoisotopic (exact) mass is 264 g/mol. The summed E-state index contributed by atoms with van der Waals surface area (Å²) in [6.45, 7) is 1.75. The number of carboxylic acid groups (broad SMARTS) is 1. The Morgan fingerprint density at radius 3 is 2.78 bits per heavy atom. The molecule has 5 nitrogen and oxygen atoms in total. The molecule has 0 aliphatic carbocycles. The molecular weight excluding hydrogens is 256 g/mol. The third kappa shape index (κ3) is 2.75. The molecule has 92 valence electrons. The predicted octanol–water partition coefficient (Wildman–Crippen LogP) is 2.93. The van der Waals surface area contributed by atoms with Gasteiger partial charge in [0.2, 0.25) is 5.88 Å². The van der Waals surface area contributed by atoms with Gasteiger partial charge in [-0.15, -0.1) is 0 Å². The number of carbonyl (C=O) groups is 1. The maximum Gasteiger partial charge on any atom is 0.335 e. The van der Waals surface area contributed by atoms with E-state index < -0.39 is 5.97 Å². The number of hydrogen-bond acceptors (Lipinski definition) is 4. The molecule has 1 aromatic carbocycles. The van der Waals surface area contributed by atoms with Crippen LogP contribution in [0, 0.1) is 6.92 Å². The van der Waals surface area contributed by atoms with E-state index in [1.165, 1.54) is 24.5 Å². The number of hydrogen-bond donors (Lipinski definition) is 1. The number of halogens is 1. The van der Waals surface area contributed by atoms with Crippen molar-refractivity contribution in [1.29, 1.82) is 0 Å². The number of rotatable bonds is 3. The Morgan fingerprint density at radius 2 is 2.17 bits per heavy atom. The van der Waals surface area contributed by atoms with Crippen LogP contribution in [-0.4, -0.2) is 21.0 Å². The van der Waals surface area contributed by atoms with Gasteiger partial charge in [-0.05, 0) is 30.7 Å². The fraction of sp³-hybridized carbons (Fsp3) is 0.0833. The molecule has 0 bridgehead atoms. The van der Waals surface area contributed by atoms with Crippen LogP contribution in [0.4, 0.5) is 0 Å². The SMILES string of the molecule is Cc1cc(C(=O)O)ccc1Oc1cncc(Cl)n1. The molecule has 2 rings (SSSR count). The lowest BCUT2D eigenvalue weighted by molar-refractivity contribution is 0.0697. The van der Waals surface area contributed by atoms with Gasteiger partial charge < -0.3 is 9.84 Å². The fourth-order valence-corrected chi connectivity index (χ4v) is 1.52.